The van der Waals surface area contributed by atoms with Gasteiger partial charge in [0.2, 0.25) is 5.89 Å². The molecule has 3 aromatic rings. The molecule has 0 aliphatic carbocycles. The summed E-state index contributed by atoms with van der Waals surface area (Å²) in [6, 6.07) is 16.6. The Balaban J connectivity index is 1.38. The van der Waals surface area contributed by atoms with Gasteiger partial charge in [-0.05, 0) is 43.7 Å². The number of hydrogen-bond donors (Lipinski definition) is 1. The molecule has 1 aliphatic heterocycles. The number of aromatic nitrogens is 1. The number of hydrogen-bond acceptors (Lipinski definition) is 5. The average molecular weight is 381 g/mol. The van der Waals surface area contributed by atoms with Crippen LogP contribution in [0.1, 0.15) is 28.0 Å². The number of ether oxygens (including phenoxy) is 1. The lowest BCUT2D eigenvalue weighted by Gasteiger charge is -2.12. The second-order valence-electron chi connectivity index (χ2n) is 6.76. The van der Waals surface area contributed by atoms with E-state index in [4.69, 9.17) is 9.15 Å². The van der Waals surface area contributed by atoms with Crippen molar-refractivity contribution in [3.05, 3.63) is 71.1 Å². The first-order valence-corrected chi connectivity index (χ1v) is 10.3. The van der Waals surface area contributed by atoms with Crippen molar-refractivity contribution in [2.24, 2.45) is 0 Å². The van der Waals surface area contributed by atoms with E-state index in [0.717, 1.165) is 41.5 Å². The Morgan fingerprint density at radius 2 is 2.04 bits per heavy atom. The van der Waals surface area contributed by atoms with Gasteiger partial charge in [0.15, 0.2) is 0 Å². The van der Waals surface area contributed by atoms with Crippen molar-refractivity contribution < 1.29 is 9.15 Å². The minimum atomic E-state index is 0.378. The molecule has 140 valence electrons. The molecule has 1 saturated heterocycles. The van der Waals surface area contributed by atoms with Crippen molar-refractivity contribution in [1.82, 2.24) is 10.3 Å². The third-order valence-electron chi connectivity index (χ3n) is 4.68. The van der Waals surface area contributed by atoms with Gasteiger partial charge in [-0.25, -0.2) is 4.98 Å². The van der Waals surface area contributed by atoms with Crippen molar-refractivity contribution in [3.8, 4) is 17.2 Å². The van der Waals surface area contributed by atoms with Gasteiger partial charge in [0.05, 0.1) is 17.7 Å². The number of aryl methyl sites for hydroxylation is 2. The molecule has 27 heavy (non-hydrogen) atoms. The van der Waals surface area contributed by atoms with Gasteiger partial charge < -0.3 is 14.5 Å². The summed E-state index contributed by atoms with van der Waals surface area (Å²) >= 11 is 1.94. The van der Waals surface area contributed by atoms with Crippen LogP contribution >= 0.6 is 11.8 Å². The molecular formula is C22H24N2O2S. The van der Waals surface area contributed by atoms with E-state index in [2.05, 4.69) is 47.6 Å². The van der Waals surface area contributed by atoms with Gasteiger partial charge in [-0.1, -0.05) is 29.8 Å². The molecule has 0 amide bonds. The van der Waals surface area contributed by atoms with Crippen molar-refractivity contribution in [1.29, 1.82) is 0 Å². The van der Waals surface area contributed by atoms with Crippen molar-refractivity contribution in [3.63, 3.8) is 0 Å². The van der Waals surface area contributed by atoms with E-state index in [1.165, 1.54) is 11.1 Å². The van der Waals surface area contributed by atoms with Crippen LogP contribution < -0.4 is 10.1 Å². The standard InChI is InChI=1S/C22H24N2O2S/c1-15-6-8-17(9-7-15)21-24-20(16(2)26-21)10-12-25-19-5-3-4-18(14-19)22-23-11-13-27-22/h3-9,14,22-23H,10-13H2,1-2H3/t22-/m1/s1. The fraction of sp³-hybridized carbons (Fsp3) is 0.318. The Kier molecular flexibility index (Phi) is 5.50. The Labute approximate surface area is 164 Å². The molecule has 0 bridgehead atoms. The highest BCUT2D eigenvalue weighted by molar-refractivity contribution is 7.99. The minimum Gasteiger partial charge on any atom is -0.493 e. The summed E-state index contributed by atoms with van der Waals surface area (Å²) in [5.74, 6) is 3.59. The normalized spacial score (nSPS) is 16.6. The zero-order valence-electron chi connectivity index (χ0n) is 15.7. The summed E-state index contributed by atoms with van der Waals surface area (Å²) < 4.78 is 11.8. The van der Waals surface area contributed by atoms with Crippen molar-refractivity contribution in [2.75, 3.05) is 18.9 Å². The van der Waals surface area contributed by atoms with Gasteiger partial charge in [-0.15, -0.1) is 11.8 Å². The lowest BCUT2D eigenvalue weighted by Crippen LogP contribution is -2.12. The monoisotopic (exact) mass is 380 g/mol. The van der Waals surface area contributed by atoms with Gasteiger partial charge in [0.1, 0.15) is 11.5 Å². The quantitative estimate of drug-likeness (QED) is 0.658. The van der Waals surface area contributed by atoms with Crippen LogP contribution in [-0.2, 0) is 6.42 Å². The topological polar surface area (TPSA) is 47.3 Å². The smallest absolute Gasteiger partial charge is 0.226 e. The maximum absolute atomic E-state index is 5.98. The van der Waals surface area contributed by atoms with Gasteiger partial charge in [0.25, 0.3) is 0 Å². The molecule has 5 heteroatoms. The molecule has 2 heterocycles. The van der Waals surface area contributed by atoms with Gasteiger partial charge in [0, 0.05) is 24.3 Å². The Hall–Kier alpha value is -2.24. The highest BCUT2D eigenvalue weighted by atomic mass is 32.2. The lowest BCUT2D eigenvalue weighted by atomic mass is 10.1. The number of nitrogens with one attached hydrogen (secondary N) is 1. The molecule has 1 fully saturated rings. The molecule has 1 N–H and O–H groups in total. The van der Waals surface area contributed by atoms with Gasteiger partial charge >= 0.3 is 0 Å². The summed E-state index contributed by atoms with van der Waals surface area (Å²) in [7, 11) is 0. The second-order valence-corrected chi connectivity index (χ2v) is 7.98. The van der Waals surface area contributed by atoms with Crippen LogP contribution in [0.4, 0.5) is 0 Å². The zero-order valence-corrected chi connectivity index (χ0v) is 16.5. The number of nitrogens with zero attached hydrogens (tertiary/aromatic N) is 1. The Morgan fingerprint density at radius 1 is 1.19 bits per heavy atom. The number of thioether (sulfide) groups is 1. The highest BCUT2D eigenvalue weighted by Gasteiger charge is 2.17. The largest absolute Gasteiger partial charge is 0.493 e. The van der Waals surface area contributed by atoms with E-state index in [-0.39, 0.29) is 0 Å². The summed E-state index contributed by atoms with van der Waals surface area (Å²) in [5.41, 5.74) is 4.46. The fourth-order valence-electron chi connectivity index (χ4n) is 3.15. The summed E-state index contributed by atoms with van der Waals surface area (Å²) in [5, 5.41) is 3.87. The molecule has 0 spiro atoms. The molecule has 0 unspecified atom stereocenters. The SMILES string of the molecule is Cc1ccc(-c2nc(CCOc3cccc([C@@H]4NCCS4)c3)c(C)o2)cc1. The second kappa shape index (κ2) is 8.19. The van der Waals surface area contributed by atoms with Crippen LogP contribution in [0.3, 0.4) is 0 Å². The molecule has 0 saturated carbocycles. The van der Waals surface area contributed by atoms with E-state index in [0.29, 0.717) is 17.9 Å². The summed E-state index contributed by atoms with van der Waals surface area (Å²) in [6.07, 6.45) is 0.724. The van der Waals surface area contributed by atoms with Crippen LogP contribution in [0, 0.1) is 13.8 Å². The third kappa shape index (κ3) is 4.37. The molecule has 1 atom stereocenters. The number of benzene rings is 2. The first-order chi connectivity index (χ1) is 13.2. The lowest BCUT2D eigenvalue weighted by molar-refractivity contribution is 0.319. The van der Waals surface area contributed by atoms with Crippen LogP contribution in [0.15, 0.2) is 52.9 Å². The highest BCUT2D eigenvalue weighted by Crippen LogP contribution is 2.31. The summed E-state index contributed by atoms with van der Waals surface area (Å²) in [6.45, 7) is 5.68. The first-order valence-electron chi connectivity index (χ1n) is 9.30. The summed E-state index contributed by atoms with van der Waals surface area (Å²) in [4.78, 5) is 4.66. The average Bonchev–Trinajstić information content (AvgIpc) is 3.33. The van der Waals surface area contributed by atoms with Crippen LogP contribution in [0.2, 0.25) is 0 Å². The maximum atomic E-state index is 5.98. The maximum Gasteiger partial charge on any atom is 0.226 e. The van der Waals surface area contributed by atoms with E-state index >= 15 is 0 Å². The third-order valence-corrected chi connectivity index (χ3v) is 5.89. The molecule has 4 nitrogen and oxygen atoms in total. The van der Waals surface area contributed by atoms with Crippen molar-refractivity contribution >= 4 is 11.8 Å². The van der Waals surface area contributed by atoms with Crippen LogP contribution in [0.25, 0.3) is 11.5 Å². The molecule has 2 aromatic carbocycles. The van der Waals surface area contributed by atoms with E-state index in [1.807, 2.05) is 36.9 Å². The van der Waals surface area contributed by atoms with E-state index in [1.54, 1.807) is 0 Å². The van der Waals surface area contributed by atoms with Crippen molar-refractivity contribution in [2.45, 2.75) is 25.6 Å². The fourth-order valence-corrected chi connectivity index (χ4v) is 4.20. The van der Waals surface area contributed by atoms with E-state index < -0.39 is 0 Å². The first kappa shape index (κ1) is 18.1. The molecular weight excluding hydrogens is 356 g/mol. The predicted molar refractivity (Wildman–Crippen MR) is 110 cm³/mol. The molecule has 1 aliphatic rings. The van der Waals surface area contributed by atoms with Crippen LogP contribution in [0.5, 0.6) is 5.75 Å². The van der Waals surface area contributed by atoms with E-state index in [9.17, 15) is 0 Å². The Bertz CT molecular complexity index is 899. The zero-order chi connectivity index (χ0) is 18.6. The molecule has 1 aromatic heterocycles. The van der Waals surface area contributed by atoms with Crippen LogP contribution in [-0.4, -0.2) is 23.9 Å². The Morgan fingerprint density at radius 3 is 2.81 bits per heavy atom. The predicted octanol–water partition coefficient (Wildman–Crippen LogP) is 4.91. The minimum absolute atomic E-state index is 0.378. The molecule has 0 radical (unpaired) electrons. The molecule has 4 rings (SSSR count). The van der Waals surface area contributed by atoms with Gasteiger partial charge in [-0.2, -0.15) is 0 Å². The number of oxazole rings is 1. The number of rotatable bonds is 6. The van der Waals surface area contributed by atoms with Gasteiger partial charge in [-0.3, -0.25) is 0 Å².